The fourth-order valence-electron chi connectivity index (χ4n) is 4.57. The number of hydrogen-bond acceptors (Lipinski definition) is 4. The third-order valence-corrected chi connectivity index (χ3v) is 6.25. The Morgan fingerprint density at radius 2 is 1.66 bits per heavy atom. The molecule has 1 N–H and O–H groups in total. The largest absolute Gasteiger partial charge is 0.372 e. The standard InChI is InChI=1S/C25H34N2O2/c1-3-9-22(10-4-1)19-28-21-25(29-20-23-11-5-2-6-12-23)14-7-8-16-27(25)18-24-13-15-26-17-24/h1-6,9-12,24,26H,7-8,13-21H2/t24-,25?/m0/s1. The number of ether oxygens (including phenoxy) is 2. The molecular weight excluding hydrogens is 360 g/mol. The van der Waals surface area contributed by atoms with E-state index in [0.717, 1.165) is 32.6 Å². The lowest BCUT2D eigenvalue weighted by molar-refractivity contribution is -0.217. The lowest BCUT2D eigenvalue weighted by Crippen LogP contribution is -2.58. The molecule has 4 rings (SSSR count). The van der Waals surface area contributed by atoms with Gasteiger partial charge in [-0.05, 0) is 55.8 Å². The molecule has 2 atom stereocenters. The van der Waals surface area contributed by atoms with Crippen LogP contribution < -0.4 is 5.32 Å². The number of piperidine rings is 1. The first-order valence-corrected chi connectivity index (χ1v) is 11.1. The first-order valence-electron chi connectivity index (χ1n) is 11.1. The zero-order valence-corrected chi connectivity index (χ0v) is 17.4. The molecule has 2 aromatic rings. The van der Waals surface area contributed by atoms with Gasteiger partial charge in [-0.15, -0.1) is 0 Å². The summed E-state index contributed by atoms with van der Waals surface area (Å²) in [5, 5.41) is 3.51. The maximum absolute atomic E-state index is 6.70. The number of rotatable bonds is 9. The molecule has 29 heavy (non-hydrogen) atoms. The smallest absolute Gasteiger partial charge is 0.145 e. The minimum absolute atomic E-state index is 0.328. The third-order valence-electron chi connectivity index (χ3n) is 6.25. The number of benzene rings is 2. The Morgan fingerprint density at radius 3 is 2.34 bits per heavy atom. The summed E-state index contributed by atoms with van der Waals surface area (Å²) < 4.78 is 13.0. The van der Waals surface area contributed by atoms with E-state index in [-0.39, 0.29) is 5.72 Å². The Hall–Kier alpha value is -1.72. The number of likely N-dealkylation sites (tertiary alicyclic amines) is 1. The Kier molecular flexibility index (Phi) is 7.33. The molecule has 0 radical (unpaired) electrons. The predicted octanol–water partition coefficient (Wildman–Crippen LogP) is 4.21. The molecule has 2 fully saturated rings. The van der Waals surface area contributed by atoms with Crippen LogP contribution in [0.3, 0.4) is 0 Å². The molecule has 0 amide bonds. The highest BCUT2D eigenvalue weighted by molar-refractivity contribution is 5.14. The Morgan fingerprint density at radius 1 is 0.931 bits per heavy atom. The summed E-state index contributed by atoms with van der Waals surface area (Å²) in [6.45, 7) is 6.34. The van der Waals surface area contributed by atoms with E-state index in [1.165, 1.54) is 30.4 Å². The van der Waals surface area contributed by atoms with Crippen molar-refractivity contribution in [1.29, 1.82) is 0 Å². The molecule has 2 saturated heterocycles. The lowest BCUT2D eigenvalue weighted by Gasteiger charge is -2.47. The van der Waals surface area contributed by atoms with Crippen molar-refractivity contribution in [2.75, 3.05) is 32.8 Å². The van der Waals surface area contributed by atoms with Gasteiger partial charge in [-0.2, -0.15) is 0 Å². The molecule has 2 aliphatic rings. The van der Waals surface area contributed by atoms with Crippen LogP contribution in [0.5, 0.6) is 0 Å². The van der Waals surface area contributed by atoms with Gasteiger partial charge in [0, 0.05) is 13.1 Å². The van der Waals surface area contributed by atoms with Crippen LogP contribution in [0.2, 0.25) is 0 Å². The molecule has 0 spiro atoms. The second-order valence-corrected chi connectivity index (χ2v) is 8.46. The summed E-state index contributed by atoms with van der Waals surface area (Å²) >= 11 is 0. The maximum atomic E-state index is 6.70. The highest BCUT2D eigenvalue weighted by Gasteiger charge is 2.41. The Bertz CT molecular complexity index is 718. The maximum Gasteiger partial charge on any atom is 0.145 e. The topological polar surface area (TPSA) is 33.7 Å². The monoisotopic (exact) mass is 394 g/mol. The Labute approximate surface area is 175 Å². The minimum atomic E-state index is -0.328. The SMILES string of the molecule is c1ccc(COCC2(OCc3ccccc3)CCCCN2C[C@H]2CCNC2)cc1. The average molecular weight is 395 g/mol. The van der Waals surface area contributed by atoms with Crippen LogP contribution in [-0.4, -0.2) is 43.4 Å². The molecule has 0 bridgehead atoms. The van der Waals surface area contributed by atoms with Gasteiger partial charge in [-0.1, -0.05) is 60.7 Å². The van der Waals surface area contributed by atoms with Crippen LogP contribution in [0.15, 0.2) is 60.7 Å². The molecule has 2 aliphatic heterocycles. The molecule has 0 saturated carbocycles. The molecule has 1 unspecified atom stereocenters. The van der Waals surface area contributed by atoms with Crippen molar-refractivity contribution in [2.45, 2.75) is 44.6 Å². The van der Waals surface area contributed by atoms with Gasteiger partial charge in [-0.3, -0.25) is 4.90 Å². The summed E-state index contributed by atoms with van der Waals surface area (Å²) in [5.41, 5.74) is 2.11. The van der Waals surface area contributed by atoms with Gasteiger partial charge >= 0.3 is 0 Å². The summed E-state index contributed by atoms with van der Waals surface area (Å²) in [6, 6.07) is 21.0. The van der Waals surface area contributed by atoms with E-state index >= 15 is 0 Å². The quantitative estimate of drug-likeness (QED) is 0.691. The van der Waals surface area contributed by atoms with Gasteiger partial charge in [0.15, 0.2) is 0 Å². The van der Waals surface area contributed by atoms with Crippen LogP contribution >= 0.6 is 0 Å². The lowest BCUT2D eigenvalue weighted by atomic mass is 9.96. The van der Waals surface area contributed by atoms with Crippen molar-refractivity contribution in [3.05, 3.63) is 71.8 Å². The van der Waals surface area contributed by atoms with E-state index in [9.17, 15) is 0 Å². The van der Waals surface area contributed by atoms with Crippen LogP contribution in [0.4, 0.5) is 0 Å². The normalized spacial score (nSPS) is 25.3. The Balaban J connectivity index is 1.45. The van der Waals surface area contributed by atoms with E-state index in [1.54, 1.807) is 0 Å². The number of nitrogens with zero attached hydrogens (tertiary/aromatic N) is 1. The zero-order valence-electron chi connectivity index (χ0n) is 17.4. The number of hydrogen-bond donors (Lipinski definition) is 1. The van der Waals surface area contributed by atoms with E-state index < -0.39 is 0 Å². The van der Waals surface area contributed by atoms with Crippen molar-refractivity contribution in [3.8, 4) is 0 Å². The molecule has 2 aromatic carbocycles. The fourth-order valence-corrected chi connectivity index (χ4v) is 4.57. The van der Waals surface area contributed by atoms with Gasteiger partial charge in [0.25, 0.3) is 0 Å². The molecule has 4 nitrogen and oxygen atoms in total. The first kappa shape index (κ1) is 20.5. The molecular formula is C25H34N2O2. The average Bonchev–Trinajstić information content (AvgIpc) is 3.29. The van der Waals surface area contributed by atoms with Crippen LogP contribution in [0.25, 0.3) is 0 Å². The third kappa shape index (κ3) is 5.67. The predicted molar refractivity (Wildman–Crippen MR) is 116 cm³/mol. The van der Waals surface area contributed by atoms with E-state index in [0.29, 0.717) is 25.7 Å². The number of nitrogens with one attached hydrogen (secondary N) is 1. The highest BCUT2D eigenvalue weighted by atomic mass is 16.6. The summed E-state index contributed by atoms with van der Waals surface area (Å²) in [7, 11) is 0. The van der Waals surface area contributed by atoms with Crippen molar-refractivity contribution in [3.63, 3.8) is 0 Å². The van der Waals surface area contributed by atoms with Crippen molar-refractivity contribution in [1.82, 2.24) is 10.2 Å². The van der Waals surface area contributed by atoms with Crippen molar-refractivity contribution < 1.29 is 9.47 Å². The van der Waals surface area contributed by atoms with Gasteiger partial charge in [0.05, 0.1) is 19.8 Å². The van der Waals surface area contributed by atoms with Crippen molar-refractivity contribution >= 4 is 0 Å². The molecule has 0 aromatic heterocycles. The molecule has 2 heterocycles. The molecule has 4 heteroatoms. The van der Waals surface area contributed by atoms with E-state index in [4.69, 9.17) is 9.47 Å². The van der Waals surface area contributed by atoms with Gasteiger partial charge in [-0.25, -0.2) is 0 Å². The second-order valence-electron chi connectivity index (χ2n) is 8.46. The van der Waals surface area contributed by atoms with E-state index in [1.807, 2.05) is 6.07 Å². The molecule has 0 aliphatic carbocycles. The fraction of sp³-hybridized carbons (Fsp3) is 0.520. The van der Waals surface area contributed by atoms with E-state index in [2.05, 4.69) is 64.8 Å². The molecule has 156 valence electrons. The van der Waals surface area contributed by atoms with Crippen LogP contribution in [0, 0.1) is 5.92 Å². The van der Waals surface area contributed by atoms with Gasteiger partial charge in [0.1, 0.15) is 5.72 Å². The van der Waals surface area contributed by atoms with Crippen LogP contribution in [0.1, 0.15) is 36.8 Å². The van der Waals surface area contributed by atoms with Gasteiger partial charge < -0.3 is 14.8 Å². The summed E-state index contributed by atoms with van der Waals surface area (Å²) in [6.07, 6.45) is 4.74. The highest BCUT2D eigenvalue weighted by Crippen LogP contribution is 2.33. The second kappa shape index (κ2) is 10.4. The van der Waals surface area contributed by atoms with Crippen molar-refractivity contribution in [2.24, 2.45) is 5.92 Å². The first-order chi connectivity index (χ1) is 14.3. The summed E-state index contributed by atoms with van der Waals surface area (Å²) in [4.78, 5) is 2.59. The van der Waals surface area contributed by atoms with Crippen LogP contribution in [-0.2, 0) is 22.7 Å². The zero-order chi connectivity index (χ0) is 19.8. The summed E-state index contributed by atoms with van der Waals surface area (Å²) in [5.74, 6) is 0.710. The van der Waals surface area contributed by atoms with Gasteiger partial charge in [0.2, 0.25) is 0 Å². The minimum Gasteiger partial charge on any atom is -0.372 e.